The van der Waals surface area contributed by atoms with Gasteiger partial charge in [-0.1, -0.05) is 30.3 Å². The molecule has 0 radical (unpaired) electrons. The first kappa shape index (κ1) is 25.7. The van der Waals surface area contributed by atoms with E-state index in [-0.39, 0.29) is 36.8 Å². The van der Waals surface area contributed by atoms with E-state index in [0.717, 1.165) is 24.2 Å². The van der Waals surface area contributed by atoms with Crippen LogP contribution in [-0.4, -0.2) is 62.1 Å². The summed E-state index contributed by atoms with van der Waals surface area (Å²) >= 11 is 0. The molecule has 6 rings (SSSR count). The van der Waals surface area contributed by atoms with Gasteiger partial charge in [-0.25, -0.2) is 0 Å². The van der Waals surface area contributed by atoms with Gasteiger partial charge in [-0.05, 0) is 54.8 Å². The van der Waals surface area contributed by atoms with Gasteiger partial charge in [0, 0.05) is 19.6 Å². The van der Waals surface area contributed by atoms with Crippen LogP contribution in [0.25, 0.3) is 0 Å². The lowest BCUT2D eigenvalue weighted by Crippen LogP contribution is -2.44. The fraction of sp³-hybridized carbons (Fsp3) is 0.323. The van der Waals surface area contributed by atoms with Gasteiger partial charge in [0.15, 0.2) is 17.6 Å². The number of hydrogen-bond acceptors (Lipinski definition) is 7. The molecular formula is C31H31N3O6. The molecule has 1 fully saturated rings. The van der Waals surface area contributed by atoms with Crippen LogP contribution in [0.5, 0.6) is 17.2 Å². The Hall–Kier alpha value is -4.53. The van der Waals surface area contributed by atoms with E-state index in [9.17, 15) is 14.4 Å². The van der Waals surface area contributed by atoms with Gasteiger partial charge in [-0.3, -0.25) is 19.3 Å². The minimum atomic E-state index is -0.464. The van der Waals surface area contributed by atoms with E-state index < -0.39 is 6.10 Å². The first-order valence-corrected chi connectivity index (χ1v) is 13.5. The number of anilines is 1. The molecule has 0 saturated carbocycles. The van der Waals surface area contributed by atoms with Crippen LogP contribution in [-0.2, 0) is 11.3 Å². The predicted octanol–water partition coefficient (Wildman–Crippen LogP) is 3.66. The maximum absolute atomic E-state index is 13.6. The molecule has 3 aliphatic heterocycles. The van der Waals surface area contributed by atoms with Gasteiger partial charge in [0.2, 0.25) is 5.91 Å². The molecule has 1 N–H and O–H groups in total. The third-order valence-electron chi connectivity index (χ3n) is 7.69. The zero-order valence-corrected chi connectivity index (χ0v) is 22.3. The Kier molecular flexibility index (Phi) is 7.02. The summed E-state index contributed by atoms with van der Waals surface area (Å²) in [5.74, 6) is 1.09. The molecule has 3 heterocycles. The molecule has 3 aromatic rings. The highest BCUT2D eigenvalue weighted by molar-refractivity contribution is 6.23. The largest absolute Gasteiger partial charge is 0.497 e. The molecule has 0 bridgehead atoms. The van der Waals surface area contributed by atoms with E-state index in [4.69, 9.17) is 14.2 Å². The van der Waals surface area contributed by atoms with Crippen molar-refractivity contribution in [1.82, 2.24) is 10.2 Å². The number of amides is 3. The second-order valence-electron chi connectivity index (χ2n) is 10.3. The Balaban J connectivity index is 1.13. The van der Waals surface area contributed by atoms with Crippen molar-refractivity contribution in [2.24, 2.45) is 5.92 Å². The molecule has 1 saturated heterocycles. The highest BCUT2D eigenvalue weighted by Crippen LogP contribution is 2.36. The smallest absolute Gasteiger partial charge is 0.263 e. The lowest BCUT2D eigenvalue weighted by molar-refractivity contribution is -0.125. The number of fused-ring (bicyclic) bond motifs is 2. The van der Waals surface area contributed by atoms with Crippen molar-refractivity contribution in [2.45, 2.75) is 25.5 Å². The van der Waals surface area contributed by atoms with Gasteiger partial charge < -0.3 is 24.4 Å². The third-order valence-corrected chi connectivity index (χ3v) is 7.69. The van der Waals surface area contributed by atoms with Crippen LogP contribution >= 0.6 is 0 Å². The highest BCUT2D eigenvalue weighted by Gasteiger charge is 2.41. The van der Waals surface area contributed by atoms with Crippen LogP contribution in [0, 0.1) is 5.92 Å². The van der Waals surface area contributed by atoms with Crippen LogP contribution in [0.4, 0.5) is 5.69 Å². The van der Waals surface area contributed by atoms with Crippen molar-refractivity contribution in [3.05, 3.63) is 83.4 Å². The Bertz CT molecular complexity index is 1440. The molecule has 9 heteroatoms. The number of nitrogens with one attached hydrogen (secondary N) is 1. The SMILES string of the molecule is COc1ccc(CNC(=O)[C@H]2CCCN(c3cccc4c3C(=O)N(C[C@@H]3COc5ccccc5O3)C4=O)C2)cc1. The molecule has 2 atom stereocenters. The second-order valence-corrected chi connectivity index (χ2v) is 10.3. The van der Waals surface area contributed by atoms with Crippen molar-refractivity contribution >= 4 is 23.4 Å². The average molecular weight is 542 g/mol. The van der Waals surface area contributed by atoms with E-state index in [1.165, 1.54) is 4.90 Å². The number of para-hydroxylation sites is 2. The first-order chi connectivity index (χ1) is 19.5. The molecule has 9 nitrogen and oxygen atoms in total. The van der Waals surface area contributed by atoms with Gasteiger partial charge in [0.05, 0.1) is 36.4 Å². The Morgan fingerprint density at radius 3 is 2.60 bits per heavy atom. The van der Waals surface area contributed by atoms with Crippen LogP contribution in [0.2, 0.25) is 0 Å². The monoisotopic (exact) mass is 541 g/mol. The van der Waals surface area contributed by atoms with Crippen LogP contribution in [0.15, 0.2) is 66.7 Å². The number of imide groups is 1. The highest BCUT2D eigenvalue weighted by atomic mass is 16.6. The summed E-state index contributed by atoms with van der Waals surface area (Å²) in [6.07, 6.45) is 1.11. The van der Waals surface area contributed by atoms with Crippen molar-refractivity contribution in [3.8, 4) is 17.2 Å². The molecule has 206 valence electrons. The Morgan fingerprint density at radius 2 is 1.80 bits per heavy atom. The Labute approximate surface area is 232 Å². The van der Waals surface area contributed by atoms with Gasteiger partial charge in [-0.15, -0.1) is 0 Å². The van der Waals surface area contributed by atoms with Gasteiger partial charge >= 0.3 is 0 Å². The summed E-state index contributed by atoms with van der Waals surface area (Å²) in [5.41, 5.74) is 2.45. The minimum absolute atomic E-state index is 0.0214. The Morgan fingerprint density at radius 1 is 1.00 bits per heavy atom. The number of methoxy groups -OCH3 is 1. The van der Waals surface area contributed by atoms with Crippen molar-refractivity contribution in [1.29, 1.82) is 0 Å². The summed E-state index contributed by atoms with van der Waals surface area (Å²) in [6, 6.07) is 20.3. The molecular weight excluding hydrogens is 510 g/mol. The number of rotatable bonds is 7. The zero-order chi connectivity index (χ0) is 27.6. The van der Waals surface area contributed by atoms with E-state index >= 15 is 0 Å². The van der Waals surface area contributed by atoms with Gasteiger partial charge in [0.25, 0.3) is 11.8 Å². The molecule has 0 aliphatic carbocycles. The fourth-order valence-corrected chi connectivity index (χ4v) is 5.59. The molecule has 0 aromatic heterocycles. The molecule has 3 aliphatic rings. The van der Waals surface area contributed by atoms with E-state index in [2.05, 4.69) is 10.2 Å². The second kappa shape index (κ2) is 10.9. The van der Waals surface area contributed by atoms with Crippen molar-refractivity contribution in [2.75, 3.05) is 38.3 Å². The van der Waals surface area contributed by atoms with Crippen LogP contribution < -0.4 is 24.4 Å². The van der Waals surface area contributed by atoms with Crippen molar-refractivity contribution in [3.63, 3.8) is 0 Å². The summed E-state index contributed by atoms with van der Waals surface area (Å²) in [6.45, 7) is 1.95. The minimum Gasteiger partial charge on any atom is -0.497 e. The number of carbonyl (C=O) groups is 3. The molecule has 3 aromatic carbocycles. The number of carbonyl (C=O) groups excluding carboxylic acids is 3. The summed E-state index contributed by atoms with van der Waals surface area (Å²) < 4.78 is 17.0. The number of piperidine rings is 1. The van der Waals surface area contributed by atoms with Crippen LogP contribution in [0.3, 0.4) is 0 Å². The van der Waals surface area contributed by atoms with Crippen LogP contribution in [0.1, 0.15) is 39.1 Å². The normalized spacial score (nSPS) is 19.8. The maximum atomic E-state index is 13.6. The molecule has 0 unspecified atom stereocenters. The fourth-order valence-electron chi connectivity index (χ4n) is 5.59. The summed E-state index contributed by atoms with van der Waals surface area (Å²) in [4.78, 5) is 43.3. The summed E-state index contributed by atoms with van der Waals surface area (Å²) in [7, 11) is 1.62. The lowest BCUT2D eigenvalue weighted by Gasteiger charge is -2.34. The standard InChI is InChI=1S/C31H31N3O6/c1-38-22-13-11-20(12-14-22)16-32-29(35)21-6-5-15-33(17-21)25-8-4-7-24-28(25)31(37)34(30(24)36)18-23-19-39-26-9-2-3-10-27(26)40-23/h2-4,7-14,21,23H,5-6,15-19H2,1H3,(H,32,35)/t21-,23+/m0/s1. The number of hydrogen-bond donors (Lipinski definition) is 1. The topological polar surface area (TPSA) is 97.4 Å². The maximum Gasteiger partial charge on any atom is 0.263 e. The summed E-state index contributed by atoms with van der Waals surface area (Å²) in [5, 5.41) is 3.04. The lowest BCUT2D eigenvalue weighted by atomic mass is 9.95. The van der Waals surface area contributed by atoms with Gasteiger partial charge in [-0.2, -0.15) is 0 Å². The van der Waals surface area contributed by atoms with E-state index in [1.54, 1.807) is 19.2 Å². The number of nitrogens with zero attached hydrogens (tertiary/aromatic N) is 2. The van der Waals surface area contributed by atoms with Gasteiger partial charge in [0.1, 0.15) is 12.4 Å². The molecule has 0 spiro atoms. The van der Waals surface area contributed by atoms with Crippen molar-refractivity contribution < 1.29 is 28.6 Å². The number of ether oxygens (including phenoxy) is 3. The molecule has 3 amide bonds. The predicted molar refractivity (Wildman–Crippen MR) is 148 cm³/mol. The zero-order valence-electron chi connectivity index (χ0n) is 22.3. The average Bonchev–Trinajstić information content (AvgIpc) is 3.25. The third kappa shape index (κ3) is 4.95. The number of benzene rings is 3. The molecule has 40 heavy (non-hydrogen) atoms. The first-order valence-electron chi connectivity index (χ1n) is 13.5. The quantitative estimate of drug-likeness (QED) is 0.456. The van der Waals surface area contributed by atoms with E-state index in [0.29, 0.717) is 47.9 Å². The van der Waals surface area contributed by atoms with E-state index in [1.807, 2.05) is 54.6 Å².